The molecule has 14 heavy (non-hydrogen) atoms. The third-order valence-electron chi connectivity index (χ3n) is 4.00. The molecule has 0 atom stereocenters. The molecule has 2 aliphatic rings. The lowest BCUT2D eigenvalue weighted by molar-refractivity contribution is 0.153. The molecule has 0 amide bonds. The Morgan fingerprint density at radius 1 is 1.29 bits per heavy atom. The summed E-state index contributed by atoms with van der Waals surface area (Å²) in [4.78, 5) is 0. The number of hydrogen-bond acceptors (Lipinski definition) is 2. The summed E-state index contributed by atoms with van der Waals surface area (Å²) in [7, 11) is 0. The zero-order chi connectivity index (χ0) is 9.86. The molecule has 1 saturated heterocycles. The van der Waals surface area contributed by atoms with Crippen molar-refractivity contribution in [3.8, 4) is 0 Å². The molecular formula is C12H24N2. The van der Waals surface area contributed by atoms with Gasteiger partial charge < -0.3 is 10.6 Å². The van der Waals surface area contributed by atoms with E-state index in [9.17, 15) is 0 Å². The highest BCUT2D eigenvalue weighted by Crippen LogP contribution is 2.39. The van der Waals surface area contributed by atoms with E-state index in [1.165, 1.54) is 58.3 Å². The average Bonchev–Trinajstić information content (AvgIpc) is 2.17. The Hall–Kier alpha value is -0.0800. The minimum atomic E-state index is 0.646. The van der Waals surface area contributed by atoms with Crippen LogP contribution in [0, 0.1) is 11.3 Å². The van der Waals surface area contributed by atoms with Crippen molar-refractivity contribution in [2.24, 2.45) is 11.3 Å². The Labute approximate surface area is 87.8 Å². The van der Waals surface area contributed by atoms with Gasteiger partial charge in [0, 0.05) is 6.54 Å². The first-order chi connectivity index (χ1) is 6.79. The average molecular weight is 196 g/mol. The molecule has 1 aliphatic heterocycles. The fraction of sp³-hybridized carbons (Fsp3) is 1.00. The van der Waals surface area contributed by atoms with E-state index < -0.39 is 0 Å². The normalized spacial score (nSPS) is 27.2. The second kappa shape index (κ2) is 4.63. The quantitative estimate of drug-likeness (QED) is 0.716. The van der Waals surface area contributed by atoms with Crippen molar-refractivity contribution in [1.29, 1.82) is 0 Å². The topological polar surface area (TPSA) is 24.1 Å². The van der Waals surface area contributed by atoms with Crippen molar-refractivity contribution in [1.82, 2.24) is 10.6 Å². The van der Waals surface area contributed by atoms with Gasteiger partial charge in [0.2, 0.25) is 0 Å². The number of piperidine rings is 1. The van der Waals surface area contributed by atoms with Gasteiger partial charge in [0.25, 0.3) is 0 Å². The highest BCUT2D eigenvalue weighted by atomic mass is 14.9. The van der Waals surface area contributed by atoms with Gasteiger partial charge in [-0.05, 0) is 56.7 Å². The molecule has 0 unspecified atom stereocenters. The maximum absolute atomic E-state index is 3.67. The molecule has 1 saturated carbocycles. The summed E-state index contributed by atoms with van der Waals surface area (Å²) in [5, 5.41) is 7.09. The highest BCUT2D eigenvalue weighted by molar-refractivity contribution is 4.85. The van der Waals surface area contributed by atoms with Crippen LogP contribution in [-0.4, -0.2) is 26.2 Å². The van der Waals surface area contributed by atoms with E-state index in [2.05, 4.69) is 17.6 Å². The van der Waals surface area contributed by atoms with Gasteiger partial charge in [0.15, 0.2) is 0 Å². The molecule has 2 heteroatoms. The van der Waals surface area contributed by atoms with Crippen LogP contribution in [-0.2, 0) is 0 Å². The first kappa shape index (κ1) is 10.4. The molecule has 0 aromatic carbocycles. The van der Waals surface area contributed by atoms with Crippen molar-refractivity contribution >= 4 is 0 Å². The Balaban J connectivity index is 1.57. The van der Waals surface area contributed by atoms with E-state index in [1.54, 1.807) is 0 Å². The van der Waals surface area contributed by atoms with Gasteiger partial charge in [-0.25, -0.2) is 0 Å². The van der Waals surface area contributed by atoms with Gasteiger partial charge in [0.1, 0.15) is 0 Å². The van der Waals surface area contributed by atoms with E-state index in [0.29, 0.717) is 5.41 Å². The molecule has 0 spiro atoms. The van der Waals surface area contributed by atoms with Gasteiger partial charge in [-0.1, -0.05) is 13.3 Å². The predicted molar refractivity (Wildman–Crippen MR) is 60.4 cm³/mol. The Bertz CT molecular complexity index is 169. The first-order valence-corrected chi connectivity index (χ1v) is 6.20. The summed E-state index contributed by atoms with van der Waals surface area (Å²) in [6, 6.07) is 0. The fourth-order valence-corrected chi connectivity index (χ4v) is 2.62. The molecule has 1 aliphatic carbocycles. The summed E-state index contributed by atoms with van der Waals surface area (Å²) in [5.41, 5.74) is 0.646. The van der Waals surface area contributed by atoms with Crippen molar-refractivity contribution in [2.75, 3.05) is 26.2 Å². The molecule has 2 fully saturated rings. The van der Waals surface area contributed by atoms with Crippen LogP contribution >= 0.6 is 0 Å². The van der Waals surface area contributed by atoms with Crippen LogP contribution in [0.2, 0.25) is 0 Å². The third kappa shape index (κ3) is 2.71. The molecule has 0 aromatic heterocycles. The summed E-state index contributed by atoms with van der Waals surface area (Å²) < 4.78 is 0. The maximum Gasteiger partial charge on any atom is 0.000528 e. The van der Waals surface area contributed by atoms with Crippen molar-refractivity contribution < 1.29 is 0 Å². The van der Waals surface area contributed by atoms with Gasteiger partial charge >= 0.3 is 0 Å². The zero-order valence-corrected chi connectivity index (χ0v) is 9.44. The van der Waals surface area contributed by atoms with Gasteiger partial charge in [-0.2, -0.15) is 0 Å². The smallest absolute Gasteiger partial charge is 0.000528 e. The Kier molecular flexibility index (Phi) is 3.45. The van der Waals surface area contributed by atoms with Gasteiger partial charge in [-0.3, -0.25) is 0 Å². The standard InChI is InChI=1S/C12H24N2/c1-12(5-2-6-12)10-14-9-11-3-7-13-8-4-11/h11,13-14H,2-10H2,1H3. The van der Waals surface area contributed by atoms with Crippen LogP contribution in [0.5, 0.6) is 0 Å². The summed E-state index contributed by atoms with van der Waals surface area (Å²) in [6.45, 7) is 7.37. The van der Waals surface area contributed by atoms with Crippen LogP contribution in [0.3, 0.4) is 0 Å². The van der Waals surface area contributed by atoms with Crippen molar-refractivity contribution in [3.63, 3.8) is 0 Å². The fourth-order valence-electron chi connectivity index (χ4n) is 2.62. The van der Waals surface area contributed by atoms with Crippen LogP contribution in [0.1, 0.15) is 39.0 Å². The number of nitrogens with one attached hydrogen (secondary N) is 2. The Morgan fingerprint density at radius 2 is 2.00 bits per heavy atom. The third-order valence-corrected chi connectivity index (χ3v) is 4.00. The molecule has 0 radical (unpaired) electrons. The number of hydrogen-bond donors (Lipinski definition) is 2. The lowest BCUT2D eigenvalue weighted by atomic mass is 9.70. The van der Waals surface area contributed by atoms with Crippen LogP contribution < -0.4 is 10.6 Å². The summed E-state index contributed by atoms with van der Waals surface area (Å²) in [5.74, 6) is 0.930. The van der Waals surface area contributed by atoms with E-state index >= 15 is 0 Å². The zero-order valence-electron chi connectivity index (χ0n) is 9.44. The summed E-state index contributed by atoms with van der Waals surface area (Å²) in [6.07, 6.45) is 7.05. The molecular weight excluding hydrogens is 172 g/mol. The minimum absolute atomic E-state index is 0.646. The van der Waals surface area contributed by atoms with Crippen molar-refractivity contribution in [3.05, 3.63) is 0 Å². The maximum atomic E-state index is 3.67. The largest absolute Gasteiger partial charge is 0.317 e. The first-order valence-electron chi connectivity index (χ1n) is 6.20. The van der Waals surface area contributed by atoms with E-state index in [1.807, 2.05) is 0 Å². The number of rotatable bonds is 4. The molecule has 0 aromatic rings. The molecule has 0 bridgehead atoms. The van der Waals surface area contributed by atoms with Crippen molar-refractivity contribution in [2.45, 2.75) is 39.0 Å². The van der Waals surface area contributed by atoms with Gasteiger partial charge in [0.05, 0.1) is 0 Å². The molecule has 2 rings (SSSR count). The molecule has 1 heterocycles. The molecule has 2 N–H and O–H groups in total. The van der Waals surface area contributed by atoms with Crippen LogP contribution in [0.4, 0.5) is 0 Å². The van der Waals surface area contributed by atoms with E-state index in [-0.39, 0.29) is 0 Å². The lowest BCUT2D eigenvalue weighted by Crippen LogP contribution is -2.40. The molecule has 82 valence electrons. The lowest BCUT2D eigenvalue weighted by Gasteiger charge is -2.39. The predicted octanol–water partition coefficient (Wildman–Crippen LogP) is 1.77. The Morgan fingerprint density at radius 3 is 2.57 bits per heavy atom. The SMILES string of the molecule is CC1(CNCC2CCNCC2)CCC1. The highest BCUT2D eigenvalue weighted by Gasteiger charge is 2.31. The van der Waals surface area contributed by atoms with Gasteiger partial charge in [-0.15, -0.1) is 0 Å². The summed E-state index contributed by atoms with van der Waals surface area (Å²) >= 11 is 0. The second-order valence-corrected chi connectivity index (χ2v) is 5.49. The minimum Gasteiger partial charge on any atom is -0.317 e. The van der Waals surface area contributed by atoms with E-state index in [0.717, 1.165) is 5.92 Å². The van der Waals surface area contributed by atoms with Crippen LogP contribution in [0.15, 0.2) is 0 Å². The van der Waals surface area contributed by atoms with E-state index in [4.69, 9.17) is 0 Å². The monoisotopic (exact) mass is 196 g/mol. The van der Waals surface area contributed by atoms with Crippen LogP contribution in [0.25, 0.3) is 0 Å². The molecule has 2 nitrogen and oxygen atoms in total. The second-order valence-electron chi connectivity index (χ2n) is 5.49.